The van der Waals surface area contributed by atoms with Gasteiger partial charge in [-0.1, -0.05) is 46.9 Å². The number of carbonyl (C=O) groups is 5. The Balaban J connectivity index is 0.000000324. The van der Waals surface area contributed by atoms with Gasteiger partial charge < -0.3 is 58.8 Å². The summed E-state index contributed by atoms with van der Waals surface area (Å²) in [5, 5.41) is 18.0. The Bertz CT molecular complexity index is 3910. The summed E-state index contributed by atoms with van der Waals surface area (Å²) in [5.41, 5.74) is 0.615. The van der Waals surface area contributed by atoms with Gasteiger partial charge in [-0.15, -0.1) is 11.8 Å². The Labute approximate surface area is 589 Å². The molecule has 6 heterocycles. The quantitative estimate of drug-likeness (QED) is 0.0162. The van der Waals surface area contributed by atoms with E-state index in [9.17, 15) is 51.0 Å². The molecule has 0 saturated heterocycles. The maximum absolute atomic E-state index is 14.3. The minimum atomic E-state index is -4.46. The Morgan fingerprint density at radius 3 is 2.13 bits per heavy atom. The number of thioether (sulfide) groups is 1. The third kappa shape index (κ3) is 29.4. The molecule has 2 aromatic carbocycles. The van der Waals surface area contributed by atoms with Gasteiger partial charge in [-0.3, -0.25) is 39.3 Å². The van der Waals surface area contributed by atoms with Gasteiger partial charge in [0.25, 0.3) is 21.8 Å². The number of carboxylic acids is 1. The van der Waals surface area contributed by atoms with Crippen LogP contribution in [-0.4, -0.2) is 195 Å². The lowest BCUT2D eigenvalue weighted by molar-refractivity contribution is -0.193. The van der Waals surface area contributed by atoms with Crippen LogP contribution in [0.15, 0.2) is 80.5 Å². The number of hydrogen-bond acceptors (Lipinski definition) is 26. The second-order valence-corrected chi connectivity index (χ2v) is 29.7. The van der Waals surface area contributed by atoms with Crippen LogP contribution < -0.4 is 59.7 Å². The van der Waals surface area contributed by atoms with Gasteiger partial charge in [-0.2, -0.15) is 33.3 Å². The van der Waals surface area contributed by atoms with Gasteiger partial charge in [0.15, 0.2) is 9.86 Å². The van der Waals surface area contributed by atoms with Crippen molar-refractivity contribution < 1.29 is 75.2 Å². The molecule has 32 nitrogen and oxygen atoms in total. The molecule has 2 unspecified atom stereocenters. The van der Waals surface area contributed by atoms with E-state index in [0.29, 0.717) is 57.9 Å². The lowest BCUT2D eigenvalue weighted by Gasteiger charge is -2.35. The molecule has 0 fully saturated rings. The molecule has 0 spiro atoms. The van der Waals surface area contributed by atoms with Crippen molar-refractivity contribution in [3.8, 4) is 17.5 Å². The molecule has 7 N–H and O–H groups in total. The number of anilines is 4. The smallest absolute Gasteiger partial charge is 0.335 e. The van der Waals surface area contributed by atoms with Crippen molar-refractivity contribution in [1.29, 1.82) is 0 Å². The van der Waals surface area contributed by atoms with Crippen LogP contribution in [0.3, 0.4) is 0 Å². The molecule has 8 rings (SSSR count). The molecule has 97 heavy (non-hydrogen) atoms. The number of benzene rings is 2. The molecule has 0 bridgehead atoms. The number of fused-ring (bicyclic) bond motifs is 2. The number of nitrogens with zero attached hydrogens (tertiary/aromatic N) is 11. The van der Waals surface area contributed by atoms with E-state index in [1.54, 1.807) is 19.0 Å². The second kappa shape index (κ2) is 41.3. The number of aromatic nitrogens is 8. The Hall–Kier alpha value is -7.16. The molecule has 0 saturated carbocycles. The Morgan fingerprint density at radius 1 is 0.948 bits per heavy atom. The van der Waals surface area contributed by atoms with Crippen LogP contribution >= 0.6 is 77.1 Å². The van der Waals surface area contributed by atoms with Crippen LogP contribution in [0.5, 0.6) is 17.5 Å². The molecule has 2 atom stereocenters. The summed E-state index contributed by atoms with van der Waals surface area (Å²) in [6.45, 7) is 9.91. The fraction of sp³-hybridized carbons (Fsp3) is 0.436. The highest BCUT2D eigenvalue weighted by molar-refractivity contribution is 8.00. The van der Waals surface area contributed by atoms with E-state index in [1.165, 1.54) is 70.8 Å². The van der Waals surface area contributed by atoms with Crippen molar-refractivity contribution in [1.82, 2.24) is 54.2 Å². The predicted octanol–water partition coefficient (Wildman–Crippen LogP) is 5.94. The highest BCUT2D eigenvalue weighted by atomic mass is 35.5. The number of ether oxygens (including phenoxy) is 4. The molecule has 42 heteroatoms. The number of urea groups is 1. The summed E-state index contributed by atoms with van der Waals surface area (Å²) >= 11 is 25.2. The molecule has 4 aromatic heterocycles. The SMILES string of the molecule is CC1COc2ccccc2N1C(=O)C(Cl)Cl.CCNc1nc(Cl)nc(NC(C)C)n1.COC(=O)CSc1cc(/N=c2\sc(=O)n3n2CCCC3)c(F)cc1Cl.COc1cc(OC)nc(NC(=O)NS(=O)(=O)c2ncccc2C(=O)N(C)C)n1.C[S+](C)C.O=C(O)CNCP(=O)([O-])O. The maximum atomic E-state index is 14.3. The minimum absolute atomic E-state index is 0.0605. The number of halogens is 5. The van der Waals surface area contributed by atoms with Gasteiger partial charge in [0.1, 0.15) is 31.5 Å². The molecule has 4 amide bonds. The predicted molar refractivity (Wildman–Crippen MR) is 370 cm³/mol. The highest BCUT2D eigenvalue weighted by Crippen LogP contribution is 2.35. The first-order valence-electron chi connectivity index (χ1n) is 28.3. The van der Waals surface area contributed by atoms with Crippen LogP contribution in [0.4, 0.5) is 38.4 Å². The van der Waals surface area contributed by atoms with Crippen LogP contribution in [0, 0.1) is 5.82 Å². The average molecular weight is 1540 g/mol. The van der Waals surface area contributed by atoms with Crippen molar-refractivity contribution >= 4 is 157 Å². The first kappa shape index (κ1) is 84.1. The van der Waals surface area contributed by atoms with Crippen molar-refractivity contribution in [3.05, 3.63) is 96.9 Å². The number of methoxy groups -OCH3 is 3. The number of rotatable bonds is 19. The molecule has 0 aliphatic carbocycles. The van der Waals surface area contributed by atoms with Crippen molar-refractivity contribution in [2.24, 2.45) is 4.99 Å². The first-order chi connectivity index (χ1) is 45.5. The summed E-state index contributed by atoms with van der Waals surface area (Å²) in [7, 11) is -1.26. The number of esters is 1. The Morgan fingerprint density at radius 2 is 1.57 bits per heavy atom. The zero-order valence-corrected chi connectivity index (χ0v) is 61.6. The van der Waals surface area contributed by atoms with E-state index in [4.69, 9.17) is 70.6 Å². The number of sulfonamides is 1. The number of hydrogen-bond donors (Lipinski definition) is 7. The summed E-state index contributed by atoms with van der Waals surface area (Å²) in [4.78, 5) is 118. The van der Waals surface area contributed by atoms with E-state index in [-0.39, 0.29) is 67.9 Å². The minimum Gasteiger partial charge on any atom is -0.778 e. The lowest BCUT2D eigenvalue weighted by atomic mass is 10.1. The fourth-order valence-corrected chi connectivity index (χ4v) is 11.2. The van der Waals surface area contributed by atoms with E-state index in [2.05, 4.69) is 74.4 Å². The second-order valence-electron chi connectivity index (χ2n) is 20.3. The largest absolute Gasteiger partial charge is 0.778 e. The molecule has 2 aliphatic rings. The first-order valence-corrected chi connectivity index (χ1v) is 37.4. The fourth-order valence-electron chi connectivity index (χ4n) is 7.36. The van der Waals surface area contributed by atoms with E-state index in [1.807, 2.05) is 57.3 Å². The summed E-state index contributed by atoms with van der Waals surface area (Å²) in [5.74, 6) is -1.39. The van der Waals surface area contributed by atoms with Crippen molar-refractivity contribution in [2.75, 3.05) is 107 Å². The normalized spacial score (nSPS) is 13.5. The van der Waals surface area contributed by atoms with Crippen LogP contribution in [0.2, 0.25) is 10.3 Å². The highest BCUT2D eigenvalue weighted by Gasteiger charge is 2.32. The topological polar surface area (TPSA) is 420 Å². The van der Waals surface area contributed by atoms with Crippen LogP contribution in [0.1, 0.15) is 50.9 Å². The van der Waals surface area contributed by atoms with Gasteiger partial charge in [0.05, 0.1) is 87.1 Å². The number of alkyl halides is 2. The maximum Gasteiger partial charge on any atom is 0.335 e. The number of amides is 4. The van der Waals surface area contributed by atoms with Gasteiger partial charge in [0, 0.05) is 50.9 Å². The van der Waals surface area contributed by atoms with Crippen molar-refractivity contribution in [3.63, 3.8) is 0 Å². The van der Waals surface area contributed by atoms with Crippen LogP contribution in [0.25, 0.3) is 0 Å². The van der Waals surface area contributed by atoms with E-state index >= 15 is 0 Å². The molecule has 6 aromatic rings. The standard InChI is InChI=1S/C15H15ClFN3O3S2.C15H18N6O6S.C11H11Cl2NO2.C8H14ClN5.C3H8NO5P.C3H9S/c1-23-13(21)8-24-12-7-11(10(17)6-9(12)16)18-14-19-4-2-3-5-20(19)15(22)25-14;1-21(2)13(22)9-6-5-7-16-12(9)28(24,25)20-15(23)19-14-17-10(26-3)8-11(18-14)27-4;1-7-6-16-9-5-3-2-4-8(9)14(7)11(15)10(12)13;1-4-10-7-12-6(9)13-8(14-7)11-5(2)3;5-3(6)1-4-2-10(7,8)9;1-4(2)3/h6-7H,2-5,8H2,1H3;5-8H,1-4H3,(H2,17,18,19,20,23);2-5,7,10H,6H2,1H3;5H,4H2,1-3H3,(H2,10,11,12,13,14);4H,1-2H2,(H,5,6)(H2,7,8,9);1-3H3/q;;;;;+1/p-1/b18-14-;;;;;. The number of aliphatic carboxylic acids is 1. The molecule has 2 aliphatic heterocycles. The van der Waals surface area contributed by atoms with Crippen molar-refractivity contribution in [2.45, 2.75) is 80.5 Å². The monoisotopic (exact) mass is 1530 g/mol. The summed E-state index contributed by atoms with van der Waals surface area (Å²) in [6.07, 6.45) is 8.96. The number of nitrogens with one attached hydrogen (secondary N) is 5. The number of pyridine rings is 1. The summed E-state index contributed by atoms with van der Waals surface area (Å²) < 4.78 is 74.4. The zero-order chi connectivity index (χ0) is 72.9. The number of carbonyl (C=O) groups excluding carboxylic acids is 4. The van der Waals surface area contributed by atoms with Gasteiger partial charge >= 0.3 is 22.8 Å². The van der Waals surface area contributed by atoms with Gasteiger partial charge in [0.2, 0.25) is 39.7 Å². The van der Waals surface area contributed by atoms with Gasteiger partial charge in [-0.25, -0.2) is 28.6 Å². The lowest BCUT2D eigenvalue weighted by Crippen LogP contribution is -2.47. The Kier molecular flexibility index (Phi) is 35.8. The third-order valence-corrected chi connectivity index (χ3v) is 16.1. The van der Waals surface area contributed by atoms with E-state index in [0.717, 1.165) is 54.2 Å². The van der Waals surface area contributed by atoms with Gasteiger partial charge in [-0.05, 0) is 111 Å². The molecular formula is C55H74Cl4FN16O16PS4. The van der Waals surface area contributed by atoms with E-state index < -0.39 is 70.0 Å². The number of para-hydroxylation sites is 2. The molecule has 534 valence electrons. The third-order valence-electron chi connectivity index (χ3n) is 11.3. The van der Waals surface area contributed by atoms with Crippen LogP contribution in [-0.2, 0) is 57.7 Å². The molecule has 0 radical (unpaired) electrons. The average Bonchev–Trinajstić information content (AvgIpc) is 1.22. The summed E-state index contributed by atoms with van der Waals surface area (Å²) in [6, 6.07) is 13.1. The number of carboxylic acid groups (broad SMARTS) is 1. The zero-order valence-electron chi connectivity index (χ0n) is 54.4. The molecular weight excluding hydrogens is 1460 g/mol.